The molecule has 1 aromatic carbocycles. The fraction of sp³-hybridized carbons (Fsp3) is 0.556. The van der Waals surface area contributed by atoms with Gasteiger partial charge in [0, 0.05) is 23.6 Å². The average molecular weight is 349 g/mol. The van der Waals surface area contributed by atoms with Crippen molar-refractivity contribution in [3.05, 3.63) is 35.1 Å². The molecule has 5 nitrogen and oxygen atoms in total. The van der Waals surface area contributed by atoms with Gasteiger partial charge in [-0.3, -0.25) is 0 Å². The fourth-order valence-electron chi connectivity index (χ4n) is 3.40. The Balaban J connectivity index is 1.72. The number of aromatic nitrogens is 3. The Morgan fingerprint density at radius 2 is 2.08 bits per heavy atom. The zero-order valence-corrected chi connectivity index (χ0v) is 14.9. The summed E-state index contributed by atoms with van der Waals surface area (Å²) in [5, 5.41) is 14.6. The van der Waals surface area contributed by atoms with Gasteiger partial charge in [-0.1, -0.05) is 11.6 Å². The Morgan fingerprint density at radius 1 is 1.29 bits per heavy atom. The monoisotopic (exact) mass is 348 g/mol. The number of hydrogen-bond acceptors (Lipinski definition) is 4. The maximum absolute atomic E-state index is 9.30. The van der Waals surface area contributed by atoms with Crippen molar-refractivity contribution < 1.29 is 5.11 Å². The van der Waals surface area contributed by atoms with Gasteiger partial charge in [0.2, 0.25) is 0 Å². The summed E-state index contributed by atoms with van der Waals surface area (Å²) < 4.78 is 1.84. The molecule has 1 N–H and O–H groups in total. The number of likely N-dealkylation sites (tertiary alicyclic amines) is 1. The molecule has 3 rings (SSSR count). The molecule has 1 atom stereocenters. The molecule has 0 bridgehead atoms. The largest absolute Gasteiger partial charge is 0.394 e. The minimum Gasteiger partial charge on any atom is -0.394 e. The minimum atomic E-state index is 0.0720. The first-order valence-corrected chi connectivity index (χ1v) is 9.02. The third-order valence-electron chi connectivity index (χ3n) is 4.66. The Hall–Kier alpha value is -1.43. The van der Waals surface area contributed by atoms with Crippen LogP contribution in [0.5, 0.6) is 0 Å². The molecule has 6 heteroatoms. The second-order valence-electron chi connectivity index (χ2n) is 6.61. The number of rotatable bonds is 6. The van der Waals surface area contributed by atoms with Gasteiger partial charge >= 0.3 is 0 Å². The summed E-state index contributed by atoms with van der Waals surface area (Å²) in [5.41, 5.74) is 0.953. The molecule has 1 fully saturated rings. The predicted molar refractivity (Wildman–Crippen MR) is 96.1 cm³/mol. The molecule has 0 radical (unpaired) electrons. The van der Waals surface area contributed by atoms with Gasteiger partial charge < -0.3 is 10.0 Å². The highest BCUT2D eigenvalue weighted by atomic mass is 35.5. The van der Waals surface area contributed by atoms with Crippen LogP contribution in [0, 0.1) is 5.92 Å². The molecular formula is C18H25ClN4O. The number of halogens is 1. The highest BCUT2D eigenvalue weighted by Gasteiger charge is 2.19. The van der Waals surface area contributed by atoms with E-state index < -0.39 is 0 Å². The molecule has 0 amide bonds. The van der Waals surface area contributed by atoms with Crippen LogP contribution in [0.4, 0.5) is 0 Å². The fourth-order valence-corrected chi connectivity index (χ4v) is 3.52. The second kappa shape index (κ2) is 8.10. The van der Waals surface area contributed by atoms with Gasteiger partial charge in [0.05, 0.1) is 13.2 Å². The van der Waals surface area contributed by atoms with E-state index in [-0.39, 0.29) is 6.61 Å². The van der Waals surface area contributed by atoms with Crippen molar-refractivity contribution in [1.82, 2.24) is 19.7 Å². The zero-order valence-electron chi connectivity index (χ0n) is 14.2. The Labute approximate surface area is 148 Å². The molecule has 0 saturated carbocycles. The summed E-state index contributed by atoms with van der Waals surface area (Å²) in [6, 6.07) is 7.56. The molecule has 24 heavy (non-hydrogen) atoms. The molecular weight excluding hydrogens is 324 g/mol. The molecule has 1 aliphatic rings. The third kappa shape index (κ3) is 4.35. The van der Waals surface area contributed by atoms with Crippen molar-refractivity contribution in [2.45, 2.75) is 32.2 Å². The first kappa shape index (κ1) is 17.4. The summed E-state index contributed by atoms with van der Waals surface area (Å²) in [7, 11) is 2.19. The van der Waals surface area contributed by atoms with Crippen LogP contribution in [0.25, 0.3) is 11.4 Å². The first-order valence-electron chi connectivity index (χ1n) is 8.65. The van der Waals surface area contributed by atoms with Gasteiger partial charge in [-0.15, -0.1) is 0 Å². The molecule has 1 aliphatic heterocycles. The molecule has 1 saturated heterocycles. The van der Waals surface area contributed by atoms with E-state index in [2.05, 4.69) is 17.0 Å². The number of benzene rings is 1. The number of piperidine rings is 1. The predicted octanol–water partition coefficient (Wildman–Crippen LogP) is 2.87. The van der Waals surface area contributed by atoms with Gasteiger partial charge in [0.15, 0.2) is 5.82 Å². The van der Waals surface area contributed by atoms with Gasteiger partial charge in [-0.25, -0.2) is 9.67 Å². The van der Waals surface area contributed by atoms with E-state index in [1.54, 1.807) is 0 Å². The number of aliphatic hydroxyl groups is 1. The van der Waals surface area contributed by atoms with Crippen molar-refractivity contribution in [1.29, 1.82) is 0 Å². The zero-order chi connectivity index (χ0) is 16.9. The number of hydrogen-bond donors (Lipinski definition) is 1. The SMILES string of the molecule is CN1CCCC(CCc2nc(-c3ccc(Cl)cc3)nn2CCO)C1. The van der Waals surface area contributed by atoms with Crippen LogP contribution in [0.1, 0.15) is 25.1 Å². The second-order valence-corrected chi connectivity index (χ2v) is 7.05. The molecule has 2 heterocycles. The smallest absolute Gasteiger partial charge is 0.181 e. The van der Waals surface area contributed by atoms with Crippen LogP contribution < -0.4 is 0 Å². The van der Waals surface area contributed by atoms with Gasteiger partial charge in [-0.05, 0) is 63.0 Å². The molecule has 130 valence electrons. The van der Waals surface area contributed by atoms with E-state index in [9.17, 15) is 5.11 Å². The lowest BCUT2D eigenvalue weighted by Crippen LogP contribution is -2.32. The highest BCUT2D eigenvalue weighted by Crippen LogP contribution is 2.22. The van der Waals surface area contributed by atoms with Crippen LogP contribution in [-0.2, 0) is 13.0 Å². The maximum atomic E-state index is 9.30. The van der Waals surface area contributed by atoms with Crippen LogP contribution in [0.15, 0.2) is 24.3 Å². The van der Waals surface area contributed by atoms with Crippen molar-refractivity contribution >= 4 is 11.6 Å². The quantitative estimate of drug-likeness (QED) is 0.872. The molecule has 0 spiro atoms. The molecule has 2 aromatic rings. The lowest BCUT2D eigenvalue weighted by Gasteiger charge is -2.29. The maximum Gasteiger partial charge on any atom is 0.181 e. The average Bonchev–Trinajstić information content (AvgIpc) is 2.97. The van der Waals surface area contributed by atoms with Crippen molar-refractivity contribution in [3.8, 4) is 11.4 Å². The van der Waals surface area contributed by atoms with Crippen LogP contribution in [0.2, 0.25) is 5.02 Å². The summed E-state index contributed by atoms with van der Waals surface area (Å²) >= 11 is 5.95. The van der Waals surface area contributed by atoms with Crippen LogP contribution in [-0.4, -0.2) is 51.5 Å². The summed E-state index contributed by atoms with van der Waals surface area (Å²) in [6.07, 6.45) is 4.59. The summed E-state index contributed by atoms with van der Waals surface area (Å²) in [5.74, 6) is 2.39. The number of aliphatic hydroxyl groups excluding tert-OH is 1. The van der Waals surface area contributed by atoms with E-state index in [0.717, 1.165) is 36.7 Å². The highest BCUT2D eigenvalue weighted by molar-refractivity contribution is 6.30. The van der Waals surface area contributed by atoms with E-state index in [1.165, 1.54) is 19.4 Å². The first-order chi connectivity index (χ1) is 11.7. The molecule has 1 unspecified atom stereocenters. The Morgan fingerprint density at radius 3 is 2.79 bits per heavy atom. The normalized spacial score (nSPS) is 18.9. The lowest BCUT2D eigenvalue weighted by atomic mass is 9.93. The van der Waals surface area contributed by atoms with Gasteiger partial charge in [0.25, 0.3) is 0 Å². The topological polar surface area (TPSA) is 54.2 Å². The molecule has 1 aromatic heterocycles. The summed E-state index contributed by atoms with van der Waals surface area (Å²) in [4.78, 5) is 7.12. The van der Waals surface area contributed by atoms with Gasteiger partial charge in [-0.2, -0.15) is 5.10 Å². The van der Waals surface area contributed by atoms with Crippen molar-refractivity contribution in [2.75, 3.05) is 26.7 Å². The number of aryl methyl sites for hydroxylation is 1. The van der Waals surface area contributed by atoms with Crippen molar-refractivity contribution in [3.63, 3.8) is 0 Å². The minimum absolute atomic E-state index is 0.0720. The van der Waals surface area contributed by atoms with Crippen LogP contribution in [0.3, 0.4) is 0 Å². The van der Waals surface area contributed by atoms with E-state index in [0.29, 0.717) is 17.4 Å². The van der Waals surface area contributed by atoms with E-state index in [4.69, 9.17) is 16.6 Å². The third-order valence-corrected chi connectivity index (χ3v) is 4.91. The summed E-state index contributed by atoms with van der Waals surface area (Å²) in [6.45, 7) is 2.93. The van der Waals surface area contributed by atoms with E-state index >= 15 is 0 Å². The number of nitrogens with zero attached hydrogens (tertiary/aromatic N) is 4. The molecule has 0 aliphatic carbocycles. The van der Waals surface area contributed by atoms with Crippen LogP contribution >= 0.6 is 11.6 Å². The Bertz CT molecular complexity index is 656. The Kier molecular flexibility index (Phi) is 5.87. The van der Waals surface area contributed by atoms with Crippen molar-refractivity contribution in [2.24, 2.45) is 5.92 Å². The van der Waals surface area contributed by atoms with E-state index in [1.807, 2.05) is 28.9 Å². The van der Waals surface area contributed by atoms with Gasteiger partial charge in [0.1, 0.15) is 5.82 Å². The standard InChI is InChI=1S/C18H25ClN4O/c1-22-10-2-3-14(13-22)4-9-17-20-18(21-23(17)11-12-24)15-5-7-16(19)8-6-15/h5-8,14,24H,2-4,9-13H2,1H3. The lowest BCUT2D eigenvalue weighted by molar-refractivity contribution is 0.201.